The molecule has 118 valence electrons. The topological polar surface area (TPSA) is 77.7 Å². The Labute approximate surface area is 133 Å². The number of imidazole rings is 1. The molecule has 0 saturated heterocycles. The number of nitrogens with zero attached hydrogens (tertiary/aromatic N) is 3. The van der Waals surface area contributed by atoms with Crippen LogP contribution in [0.3, 0.4) is 0 Å². The van der Waals surface area contributed by atoms with Crippen molar-refractivity contribution in [3.8, 4) is 11.5 Å². The Balaban J connectivity index is 1.86. The number of rotatable bonds is 3. The molecule has 1 aromatic carbocycles. The van der Waals surface area contributed by atoms with Crippen LogP contribution in [0.5, 0.6) is 0 Å². The molecule has 0 saturated carbocycles. The standard InChI is InChI=1S/C17H19N5O/c1-10-6-14(21-20-10)16-18-12-7-11-15(8-13(12)19-16)22(4-5-23)9-17(11,2)3/h5-8H,4,9H2,1-3H3,(H,18,19)(H,20,21). The van der Waals surface area contributed by atoms with Crippen molar-refractivity contribution in [2.45, 2.75) is 26.2 Å². The van der Waals surface area contributed by atoms with Crippen molar-refractivity contribution >= 4 is 23.0 Å². The normalized spacial score (nSPS) is 16.0. The number of fused-ring (bicyclic) bond motifs is 2. The Hall–Kier alpha value is -2.63. The lowest BCUT2D eigenvalue weighted by atomic mass is 9.87. The number of hydrogen-bond acceptors (Lipinski definition) is 4. The molecular formula is C17H19N5O. The minimum absolute atomic E-state index is 0.0146. The second kappa shape index (κ2) is 4.68. The maximum absolute atomic E-state index is 11.0. The molecule has 0 radical (unpaired) electrons. The van der Waals surface area contributed by atoms with Crippen molar-refractivity contribution in [1.29, 1.82) is 0 Å². The van der Waals surface area contributed by atoms with Gasteiger partial charge in [0.05, 0.1) is 17.6 Å². The molecule has 0 amide bonds. The van der Waals surface area contributed by atoms with Gasteiger partial charge in [0.25, 0.3) is 0 Å². The predicted octanol–water partition coefficient (Wildman–Crippen LogP) is 2.56. The largest absolute Gasteiger partial charge is 0.363 e. The minimum Gasteiger partial charge on any atom is -0.363 e. The van der Waals surface area contributed by atoms with Crippen molar-refractivity contribution < 1.29 is 4.79 Å². The molecule has 0 unspecified atom stereocenters. The van der Waals surface area contributed by atoms with E-state index < -0.39 is 0 Å². The highest BCUT2D eigenvalue weighted by molar-refractivity contribution is 5.86. The molecule has 2 N–H and O–H groups in total. The predicted molar refractivity (Wildman–Crippen MR) is 89.7 cm³/mol. The quantitative estimate of drug-likeness (QED) is 0.729. The number of aldehydes is 1. The van der Waals surface area contributed by atoms with E-state index in [1.54, 1.807) is 0 Å². The SMILES string of the molecule is Cc1cc(-c2nc3cc4c(cc3[nH]2)C(C)(C)CN4CC=O)n[nH]1. The Bertz CT molecular complexity index is 905. The van der Waals surface area contributed by atoms with Gasteiger partial charge in [-0.3, -0.25) is 5.10 Å². The van der Waals surface area contributed by atoms with Gasteiger partial charge in [0.1, 0.15) is 12.0 Å². The summed E-state index contributed by atoms with van der Waals surface area (Å²) < 4.78 is 0. The van der Waals surface area contributed by atoms with Crippen LogP contribution in [0.4, 0.5) is 5.69 Å². The lowest BCUT2D eigenvalue weighted by molar-refractivity contribution is -0.106. The zero-order chi connectivity index (χ0) is 16.2. The third-order valence-electron chi connectivity index (χ3n) is 4.50. The van der Waals surface area contributed by atoms with Crippen molar-refractivity contribution in [1.82, 2.24) is 20.2 Å². The Morgan fingerprint density at radius 3 is 2.87 bits per heavy atom. The van der Waals surface area contributed by atoms with Gasteiger partial charge in [-0.2, -0.15) is 5.10 Å². The summed E-state index contributed by atoms with van der Waals surface area (Å²) in [7, 11) is 0. The van der Waals surface area contributed by atoms with Gasteiger partial charge in [-0.1, -0.05) is 13.8 Å². The van der Waals surface area contributed by atoms with Gasteiger partial charge in [0.15, 0.2) is 5.82 Å². The van der Waals surface area contributed by atoms with E-state index in [4.69, 9.17) is 0 Å². The van der Waals surface area contributed by atoms with Crippen LogP contribution in [0.25, 0.3) is 22.6 Å². The molecule has 4 rings (SSSR count). The lowest BCUT2D eigenvalue weighted by Crippen LogP contribution is -2.29. The first-order valence-corrected chi connectivity index (χ1v) is 7.73. The van der Waals surface area contributed by atoms with Gasteiger partial charge in [-0.15, -0.1) is 0 Å². The number of aromatic amines is 2. The molecule has 3 heterocycles. The average molecular weight is 309 g/mol. The van der Waals surface area contributed by atoms with Crippen LogP contribution in [0, 0.1) is 6.92 Å². The number of anilines is 1. The minimum atomic E-state index is 0.0146. The van der Waals surface area contributed by atoms with Gasteiger partial charge in [-0.05, 0) is 30.7 Å². The second-order valence-corrected chi connectivity index (χ2v) is 6.84. The van der Waals surface area contributed by atoms with Crippen molar-refractivity contribution in [2.24, 2.45) is 0 Å². The zero-order valence-corrected chi connectivity index (χ0v) is 13.5. The summed E-state index contributed by atoms with van der Waals surface area (Å²) in [6.45, 7) is 7.64. The fraction of sp³-hybridized carbons (Fsp3) is 0.353. The third-order valence-corrected chi connectivity index (χ3v) is 4.50. The number of benzene rings is 1. The molecule has 3 aromatic rings. The maximum Gasteiger partial charge on any atom is 0.159 e. The third kappa shape index (κ3) is 2.13. The van der Waals surface area contributed by atoms with E-state index in [1.165, 1.54) is 5.56 Å². The zero-order valence-electron chi connectivity index (χ0n) is 13.5. The monoisotopic (exact) mass is 309 g/mol. The number of hydrogen-bond donors (Lipinski definition) is 2. The summed E-state index contributed by atoms with van der Waals surface area (Å²) in [5.74, 6) is 0.757. The average Bonchev–Trinajstić information content (AvgIpc) is 3.15. The molecule has 0 fully saturated rings. The van der Waals surface area contributed by atoms with Gasteiger partial charge >= 0.3 is 0 Å². The molecule has 0 atom stereocenters. The highest BCUT2D eigenvalue weighted by Crippen LogP contribution is 2.42. The van der Waals surface area contributed by atoms with Gasteiger partial charge in [0, 0.05) is 23.3 Å². The van der Waals surface area contributed by atoms with Gasteiger partial charge in [-0.25, -0.2) is 4.98 Å². The van der Waals surface area contributed by atoms with Gasteiger partial charge < -0.3 is 14.7 Å². The number of carbonyl (C=O) groups excluding carboxylic acids is 1. The highest BCUT2D eigenvalue weighted by Gasteiger charge is 2.35. The smallest absolute Gasteiger partial charge is 0.159 e. The summed E-state index contributed by atoms with van der Waals surface area (Å²) in [4.78, 5) is 21.1. The van der Waals surface area contributed by atoms with Crippen LogP contribution in [0.15, 0.2) is 18.2 Å². The van der Waals surface area contributed by atoms with Crippen molar-refractivity contribution in [3.63, 3.8) is 0 Å². The number of aryl methyl sites for hydroxylation is 1. The van der Waals surface area contributed by atoms with E-state index in [9.17, 15) is 4.79 Å². The van der Waals surface area contributed by atoms with Crippen LogP contribution in [-0.2, 0) is 10.2 Å². The first-order chi connectivity index (χ1) is 11.0. The number of aromatic nitrogens is 4. The van der Waals surface area contributed by atoms with E-state index in [2.05, 4.69) is 51.0 Å². The van der Waals surface area contributed by atoms with E-state index in [-0.39, 0.29) is 5.41 Å². The highest BCUT2D eigenvalue weighted by atomic mass is 16.1. The van der Waals surface area contributed by atoms with Crippen LogP contribution < -0.4 is 4.90 Å². The molecule has 1 aliphatic heterocycles. The second-order valence-electron chi connectivity index (χ2n) is 6.84. The van der Waals surface area contributed by atoms with E-state index in [0.717, 1.165) is 46.8 Å². The first-order valence-electron chi connectivity index (χ1n) is 7.73. The fourth-order valence-corrected chi connectivity index (χ4v) is 3.41. The van der Waals surface area contributed by atoms with Crippen molar-refractivity contribution in [3.05, 3.63) is 29.5 Å². The first kappa shape index (κ1) is 14.0. The summed E-state index contributed by atoms with van der Waals surface area (Å²) in [6, 6.07) is 6.20. The molecule has 6 nitrogen and oxygen atoms in total. The molecular weight excluding hydrogens is 290 g/mol. The molecule has 0 spiro atoms. The Morgan fingerprint density at radius 1 is 1.35 bits per heavy atom. The van der Waals surface area contributed by atoms with E-state index in [1.807, 2.05) is 13.0 Å². The summed E-state index contributed by atoms with van der Waals surface area (Å²) in [5, 5.41) is 7.19. The van der Waals surface area contributed by atoms with Crippen LogP contribution in [-0.4, -0.2) is 39.5 Å². The lowest BCUT2D eigenvalue weighted by Gasteiger charge is -2.20. The van der Waals surface area contributed by atoms with Crippen LogP contribution >= 0.6 is 0 Å². The number of H-pyrrole nitrogens is 2. The molecule has 23 heavy (non-hydrogen) atoms. The summed E-state index contributed by atoms with van der Waals surface area (Å²) in [5.41, 5.74) is 6.07. The Kier molecular flexibility index (Phi) is 2.85. The fourth-order valence-electron chi connectivity index (χ4n) is 3.41. The van der Waals surface area contributed by atoms with E-state index >= 15 is 0 Å². The number of carbonyl (C=O) groups is 1. The molecule has 0 bridgehead atoms. The summed E-state index contributed by atoms with van der Waals surface area (Å²) >= 11 is 0. The van der Waals surface area contributed by atoms with Gasteiger partial charge in [0.2, 0.25) is 0 Å². The summed E-state index contributed by atoms with van der Waals surface area (Å²) in [6.07, 6.45) is 0.956. The number of nitrogens with one attached hydrogen (secondary N) is 2. The molecule has 1 aliphatic rings. The molecule has 6 heteroatoms. The van der Waals surface area contributed by atoms with Crippen LogP contribution in [0.1, 0.15) is 25.1 Å². The molecule has 2 aromatic heterocycles. The maximum atomic E-state index is 11.0. The Morgan fingerprint density at radius 2 is 2.17 bits per heavy atom. The molecule has 0 aliphatic carbocycles. The van der Waals surface area contributed by atoms with E-state index in [0.29, 0.717) is 6.54 Å². The van der Waals surface area contributed by atoms with Crippen LogP contribution in [0.2, 0.25) is 0 Å². The van der Waals surface area contributed by atoms with Crippen molar-refractivity contribution in [2.75, 3.05) is 18.0 Å².